The van der Waals surface area contributed by atoms with Crippen molar-refractivity contribution in [1.29, 1.82) is 0 Å². The maximum atomic E-state index is 12.4. The van der Waals surface area contributed by atoms with Gasteiger partial charge in [0.1, 0.15) is 0 Å². The van der Waals surface area contributed by atoms with E-state index in [2.05, 4.69) is 55.6 Å². The molecule has 0 rings (SSSR count). The average molecular weight is 897 g/mol. The third-order valence-electron chi connectivity index (χ3n) is 13.3. The monoisotopic (exact) mass is 896 g/mol. The molecule has 0 saturated heterocycles. The smallest absolute Gasteiger partial charge is 0.220 e. The van der Waals surface area contributed by atoms with Crippen LogP contribution in [0.3, 0.4) is 0 Å². The Kier molecular flexibility index (Phi) is 54.2. The molecule has 0 spiro atoms. The molecular weight excluding hydrogens is 783 g/mol. The van der Waals surface area contributed by atoms with Crippen LogP contribution < -0.4 is 5.32 Å². The molecule has 0 saturated carbocycles. The van der Waals surface area contributed by atoms with E-state index in [0.29, 0.717) is 6.42 Å². The summed E-state index contributed by atoms with van der Waals surface area (Å²) >= 11 is 0. The van der Waals surface area contributed by atoms with Gasteiger partial charge in [0.05, 0.1) is 18.8 Å². The van der Waals surface area contributed by atoms with Crippen LogP contribution in [0.25, 0.3) is 0 Å². The Labute approximate surface area is 401 Å². The van der Waals surface area contributed by atoms with Crippen LogP contribution in [0.5, 0.6) is 0 Å². The van der Waals surface area contributed by atoms with Gasteiger partial charge in [0.2, 0.25) is 5.91 Å². The number of hydrogen-bond donors (Lipinski definition) is 3. The zero-order chi connectivity index (χ0) is 46.3. The molecule has 3 N–H and O–H groups in total. The molecule has 0 fully saturated rings. The van der Waals surface area contributed by atoms with Crippen molar-refractivity contribution in [3.63, 3.8) is 0 Å². The lowest BCUT2D eigenvalue weighted by Gasteiger charge is -2.20. The van der Waals surface area contributed by atoms with Gasteiger partial charge in [0.15, 0.2) is 0 Å². The second-order valence-corrected chi connectivity index (χ2v) is 19.7. The molecule has 2 unspecified atom stereocenters. The zero-order valence-corrected chi connectivity index (χ0v) is 43.3. The first kappa shape index (κ1) is 62.4. The second-order valence-electron chi connectivity index (χ2n) is 19.7. The third-order valence-corrected chi connectivity index (χ3v) is 13.3. The summed E-state index contributed by atoms with van der Waals surface area (Å²) < 4.78 is 0. The minimum absolute atomic E-state index is 0.0601. The van der Waals surface area contributed by atoms with Crippen LogP contribution >= 0.6 is 0 Å². The van der Waals surface area contributed by atoms with Crippen LogP contribution in [0.4, 0.5) is 0 Å². The molecule has 4 nitrogen and oxygen atoms in total. The Morgan fingerprint density at radius 1 is 0.375 bits per heavy atom. The molecule has 0 heterocycles. The first-order valence-electron chi connectivity index (χ1n) is 28.9. The maximum Gasteiger partial charge on any atom is 0.220 e. The first-order chi connectivity index (χ1) is 31.7. The fourth-order valence-corrected chi connectivity index (χ4v) is 8.89. The van der Waals surface area contributed by atoms with E-state index >= 15 is 0 Å². The van der Waals surface area contributed by atoms with E-state index in [-0.39, 0.29) is 12.5 Å². The molecule has 376 valence electrons. The fourth-order valence-electron chi connectivity index (χ4n) is 8.89. The van der Waals surface area contributed by atoms with Crippen molar-refractivity contribution in [3.05, 3.63) is 48.6 Å². The molecule has 4 heteroatoms. The van der Waals surface area contributed by atoms with E-state index in [4.69, 9.17) is 0 Å². The van der Waals surface area contributed by atoms with Gasteiger partial charge in [0.25, 0.3) is 0 Å². The Morgan fingerprint density at radius 3 is 0.953 bits per heavy atom. The van der Waals surface area contributed by atoms with Crippen LogP contribution in [0, 0.1) is 0 Å². The van der Waals surface area contributed by atoms with Crippen LogP contribution in [0.15, 0.2) is 48.6 Å². The lowest BCUT2D eigenvalue weighted by atomic mass is 10.0. The number of unbranched alkanes of at least 4 members (excludes halogenated alkanes) is 40. The molecule has 0 aliphatic rings. The van der Waals surface area contributed by atoms with Crippen LogP contribution in [0.1, 0.15) is 309 Å². The van der Waals surface area contributed by atoms with E-state index in [1.807, 2.05) is 6.08 Å². The number of aliphatic hydroxyl groups excluding tert-OH is 2. The predicted octanol–water partition coefficient (Wildman–Crippen LogP) is 19.0. The highest BCUT2D eigenvalue weighted by atomic mass is 16.3. The molecule has 0 bridgehead atoms. The molecule has 0 aliphatic heterocycles. The number of nitrogens with one attached hydrogen (secondary N) is 1. The normalized spacial score (nSPS) is 13.1. The van der Waals surface area contributed by atoms with Gasteiger partial charge >= 0.3 is 0 Å². The van der Waals surface area contributed by atoms with Crippen molar-refractivity contribution in [1.82, 2.24) is 5.32 Å². The molecule has 0 radical (unpaired) electrons. The molecule has 0 aromatic rings. The minimum atomic E-state index is -0.837. The first-order valence-corrected chi connectivity index (χ1v) is 28.9. The molecule has 1 amide bonds. The highest BCUT2D eigenvalue weighted by Crippen LogP contribution is 2.17. The topological polar surface area (TPSA) is 69.6 Å². The van der Waals surface area contributed by atoms with Crippen molar-refractivity contribution in [2.75, 3.05) is 6.61 Å². The summed E-state index contributed by atoms with van der Waals surface area (Å²) in [5.41, 5.74) is 0. The van der Waals surface area contributed by atoms with Gasteiger partial charge in [-0.25, -0.2) is 0 Å². The van der Waals surface area contributed by atoms with E-state index in [1.54, 1.807) is 6.08 Å². The van der Waals surface area contributed by atoms with Gasteiger partial charge in [0, 0.05) is 6.42 Å². The van der Waals surface area contributed by atoms with Gasteiger partial charge in [-0.1, -0.05) is 294 Å². The minimum Gasteiger partial charge on any atom is -0.394 e. The maximum absolute atomic E-state index is 12.4. The van der Waals surface area contributed by atoms with Crippen molar-refractivity contribution in [2.45, 2.75) is 321 Å². The van der Waals surface area contributed by atoms with Gasteiger partial charge in [-0.2, -0.15) is 0 Å². The summed E-state index contributed by atoms with van der Waals surface area (Å²) in [5.74, 6) is -0.0601. The van der Waals surface area contributed by atoms with Crippen molar-refractivity contribution in [3.8, 4) is 0 Å². The summed E-state index contributed by atoms with van der Waals surface area (Å²) in [6.07, 6.45) is 77.2. The number of allylic oxidation sites excluding steroid dienone is 7. The highest BCUT2D eigenvalue weighted by Gasteiger charge is 2.18. The highest BCUT2D eigenvalue weighted by molar-refractivity contribution is 5.76. The third kappa shape index (κ3) is 51.3. The number of aliphatic hydroxyl groups is 2. The second kappa shape index (κ2) is 55.7. The van der Waals surface area contributed by atoms with Crippen LogP contribution in [-0.4, -0.2) is 34.9 Å². The van der Waals surface area contributed by atoms with E-state index < -0.39 is 12.1 Å². The zero-order valence-electron chi connectivity index (χ0n) is 43.3. The summed E-state index contributed by atoms with van der Waals surface area (Å²) in [5, 5.41) is 23.1. The van der Waals surface area contributed by atoms with E-state index in [1.165, 1.54) is 250 Å². The summed E-state index contributed by atoms with van der Waals surface area (Å²) in [7, 11) is 0. The van der Waals surface area contributed by atoms with E-state index in [9.17, 15) is 15.0 Å². The Bertz CT molecular complexity index is 1020. The number of hydrogen-bond acceptors (Lipinski definition) is 3. The Hall–Kier alpha value is -1.65. The molecule has 0 aromatic heterocycles. The lowest BCUT2D eigenvalue weighted by molar-refractivity contribution is -0.123. The summed E-state index contributed by atoms with van der Waals surface area (Å²) in [6, 6.07) is -0.620. The van der Waals surface area contributed by atoms with E-state index in [0.717, 1.165) is 38.5 Å². The van der Waals surface area contributed by atoms with Crippen molar-refractivity contribution < 1.29 is 15.0 Å². The number of carbonyl (C=O) groups excluding carboxylic acids is 1. The largest absolute Gasteiger partial charge is 0.394 e. The van der Waals surface area contributed by atoms with Crippen LogP contribution in [0.2, 0.25) is 0 Å². The number of amides is 1. The standard InChI is InChI=1S/C60H113NO3/c1-3-5-7-9-11-13-15-17-18-19-20-21-22-23-24-25-26-27-28-29-30-31-32-33-34-35-36-37-38-39-40-41-42-44-46-48-50-52-54-56-60(64)61-58(57-62)59(63)55-53-51-49-47-45-43-16-14-12-10-8-6-4-2/h15,17,19-20,22-23,53,55,58-59,62-63H,3-14,16,18,21,24-52,54,56-57H2,1-2H3,(H,61,64)/b17-15-,20-19-,23-22-,55-53+. The van der Waals surface area contributed by atoms with Gasteiger partial charge in [-0.15, -0.1) is 0 Å². The number of rotatable bonds is 53. The Morgan fingerprint density at radius 2 is 0.641 bits per heavy atom. The fraction of sp³-hybridized carbons (Fsp3) is 0.850. The molecule has 0 aromatic carbocycles. The van der Waals surface area contributed by atoms with Crippen LogP contribution in [-0.2, 0) is 4.79 Å². The molecule has 64 heavy (non-hydrogen) atoms. The van der Waals surface area contributed by atoms with Crippen molar-refractivity contribution >= 4 is 5.91 Å². The van der Waals surface area contributed by atoms with Gasteiger partial charge in [-0.05, 0) is 57.8 Å². The SMILES string of the molecule is CCCCCCC/C=C\C/C=C\C/C=C\CCCCCCCCCCCCCCCCCCCCCCCCCCC(=O)NC(CO)C(O)/C=C/CCCCCCCCCCCCC. The summed E-state index contributed by atoms with van der Waals surface area (Å²) in [4.78, 5) is 12.4. The summed E-state index contributed by atoms with van der Waals surface area (Å²) in [6.45, 7) is 4.31. The average Bonchev–Trinajstić information content (AvgIpc) is 3.30. The Balaban J connectivity index is 3.39. The molecule has 2 atom stereocenters. The molecular formula is C60H113NO3. The van der Waals surface area contributed by atoms with Gasteiger partial charge in [-0.3, -0.25) is 4.79 Å². The lowest BCUT2D eigenvalue weighted by Crippen LogP contribution is -2.45. The van der Waals surface area contributed by atoms with Crippen molar-refractivity contribution in [2.24, 2.45) is 0 Å². The molecule has 0 aliphatic carbocycles. The predicted molar refractivity (Wildman–Crippen MR) is 285 cm³/mol. The van der Waals surface area contributed by atoms with Gasteiger partial charge < -0.3 is 15.5 Å². The quantitative estimate of drug-likeness (QED) is 0.0421. The number of carbonyl (C=O) groups is 1.